The molecule has 0 aromatic carbocycles. The second-order valence-corrected chi connectivity index (χ2v) is 7.68. The minimum Gasteiger partial charge on any atom is -0.350 e. The molecule has 1 aromatic rings. The molecule has 0 radical (unpaired) electrons. The largest absolute Gasteiger partial charge is 0.350 e. The predicted octanol–water partition coefficient (Wildman–Crippen LogP) is -0.846. The zero-order valence-corrected chi connectivity index (χ0v) is 13.7. The number of rotatable bonds is 5. The Morgan fingerprint density at radius 1 is 1.33 bits per heavy atom. The zero-order valence-electron chi connectivity index (χ0n) is 12.1. The molecule has 1 aliphatic heterocycles. The molecule has 1 amide bonds. The van der Waals surface area contributed by atoms with Crippen molar-refractivity contribution in [3.8, 4) is 0 Å². The number of nitrogens with one attached hydrogen (secondary N) is 1. The zero-order chi connectivity index (χ0) is 15.5. The van der Waals surface area contributed by atoms with Gasteiger partial charge in [-0.15, -0.1) is 5.10 Å². The molecular formula is C11H19N5O3S2. The standard InChI is InChI=1S/C11H19N5O3S2/c1-9-10(20-14-13-9)11(17)12-3-4-15-5-7-16(8-6-15)21(2,18)19/h3-8H2,1-2H3,(H,12,17). The number of amides is 1. The monoisotopic (exact) mass is 333 g/mol. The molecule has 0 spiro atoms. The molecule has 2 heterocycles. The van der Waals surface area contributed by atoms with Crippen LogP contribution >= 0.6 is 11.5 Å². The van der Waals surface area contributed by atoms with E-state index in [4.69, 9.17) is 0 Å². The lowest BCUT2D eigenvalue weighted by molar-refractivity contribution is 0.0948. The molecule has 0 bridgehead atoms. The maximum atomic E-state index is 11.9. The number of carbonyl (C=O) groups is 1. The third kappa shape index (κ3) is 4.43. The Balaban J connectivity index is 1.71. The van der Waals surface area contributed by atoms with Crippen molar-refractivity contribution in [1.82, 2.24) is 24.1 Å². The van der Waals surface area contributed by atoms with Crippen LogP contribution in [0.15, 0.2) is 0 Å². The lowest BCUT2D eigenvalue weighted by Gasteiger charge is -2.33. The molecule has 1 N–H and O–H groups in total. The van der Waals surface area contributed by atoms with Crippen molar-refractivity contribution in [2.24, 2.45) is 0 Å². The summed E-state index contributed by atoms with van der Waals surface area (Å²) in [4.78, 5) is 14.5. The van der Waals surface area contributed by atoms with E-state index in [1.165, 1.54) is 10.6 Å². The van der Waals surface area contributed by atoms with Crippen LogP contribution in [0.2, 0.25) is 0 Å². The molecule has 1 fully saturated rings. The van der Waals surface area contributed by atoms with Gasteiger partial charge < -0.3 is 5.32 Å². The molecule has 0 unspecified atom stereocenters. The van der Waals surface area contributed by atoms with Crippen molar-refractivity contribution in [2.75, 3.05) is 45.5 Å². The van der Waals surface area contributed by atoms with Crippen LogP contribution in [0, 0.1) is 6.92 Å². The fourth-order valence-electron chi connectivity index (χ4n) is 2.13. The van der Waals surface area contributed by atoms with Crippen molar-refractivity contribution in [3.05, 3.63) is 10.6 Å². The summed E-state index contributed by atoms with van der Waals surface area (Å²) in [7, 11) is -3.09. The first-order valence-electron chi connectivity index (χ1n) is 6.62. The highest BCUT2D eigenvalue weighted by molar-refractivity contribution is 7.88. The third-order valence-electron chi connectivity index (χ3n) is 3.37. The molecule has 118 valence electrons. The highest BCUT2D eigenvalue weighted by atomic mass is 32.2. The molecule has 1 saturated heterocycles. The Kier molecular flexibility index (Phi) is 5.25. The molecule has 21 heavy (non-hydrogen) atoms. The van der Waals surface area contributed by atoms with E-state index in [9.17, 15) is 13.2 Å². The summed E-state index contributed by atoms with van der Waals surface area (Å²) in [6.45, 7) is 5.36. The van der Waals surface area contributed by atoms with Gasteiger partial charge in [0, 0.05) is 39.3 Å². The Morgan fingerprint density at radius 3 is 2.52 bits per heavy atom. The van der Waals surface area contributed by atoms with Crippen molar-refractivity contribution < 1.29 is 13.2 Å². The quantitative estimate of drug-likeness (QED) is 0.754. The summed E-state index contributed by atoms with van der Waals surface area (Å²) in [5.41, 5.74) is 0.638. The van der Waals surface area contributed by atoms with Crippen LogP contribution in [0.5, 0.6) is 0 Å². The van der Waals surface area contributed by atoms with Crippen LogP contribution in [0.1, 0.15) is 15.4 Å². The lowest BCUT2D eigenvalue weighted by atomic mass is 10.3. The topological polar surface area (TPSA) is 95.5 Å². The molecule has 1 aromatic heterocycles. The molecule has 2 rings (SSSR count). The minimum absolute atomic E-state index is 0.155. The summed E-state index contributed by atoms with van der Waals surface area (Å²) in [5, 5.41) is 6.63. The van der Waals surface area contributed by atoms with Crippen LogP contribution in [0.4, 0.5) is 0 Å². The normalized spacial score (nSPS) is 17.8. The average Bonchev–Trinajstić information content (AvgIpc) is 2.84. The predicted molar refractivity (Wildman–Crippen MR) is 79.8 cm³/mol. The highest BCUT2D eigenvalue weighted by Crippen LogP contribution is 2.08. The molecular weight excluding hydrogens is 314 g/mol. The Hall–Kier alpha value is -1.10. The Morgan fingerprint density at radius 2 is 2.00 bits per heavy atom. The van der Waals surface area contributed by atoms with Gasteiger partial charge in [-0.3, -0.25) is 9.69 Å². The summed E-state index contributed by atoms with van der Waals surface area (Å²) in [6.07, 6.45) is 1.23. The molecule has 0 atom stereocenters. The number of hydrogen-bond donors (Lipinski definition) is 1. The maximum Gasteiger partial charge on any atom is 0.264 e. The number of carbonyl (C=O) groups excluding carboxylic acids is 1. The molecule has 1 aliphatic rings. The van der Waals surface area contributed by atoms with Gasteiger partial charge in [-0.05, 0) is 18.5 Å². The SMILES string of the molecule is Cc1nnsc1C(=O)NCCN1CCN(S(C)(=O)=O)CC1. The van der Waals surface area contributed by atoms with E-state index in [0.717, 1.165) is 11.5 Å². The van der Waals surface area contributed by atoms with E-state index in [2.05, 4.69) is 19.8 Å². The van der Waals surface area contributed by atoms with Crippen LogP contribution in [-0.4, -0.2) is 78.6 Å². The van der Waals surface area contributed by atoms with Gasteiger partial charge in [-0.2, -0.15) is 4.31 Å². The number of piperazine rings is 1. The third-order valence-corrected chi connectivity index (χ3v) is 5.50. The van der Waals surface area contributed by atoms with Gasteiger partial charge in [0.1, 0.15) is 4.88 Å². The summed E-state index contributed by atoms with van der Waals surface area (Å²) >= 11 is 1.09. The molecule has 10 heteroatoms. The Labute approximate surface area is 128 Å². The van der Waals surface area contributed by atoms with Gasteiger partial charge >= 0.3 is 0 Å². The first kappa shape index (κ1) is 16.3. The number of nitrogens with zero attached hydrogens (tertiary/aromatic N) is 4. The first-order chi connectivity index (χ1) is 9.88. The van der Waals surface area contributed by atoms with E-state index < -0.39 is 10.0 Å². The number of hydrogen-bond acceptors (Lipinski definition) is 7. The number of sulfonamides is 1. The van der Waals surface area contributed by atoms with E-state index in [0.29, 0.717) is 49.8 Å². The van der Waals surface area contributed by atoms with E-state index >= 15 is 0 Å². The van der Waals surface area contributed by atoms with Crippen molar-refractivity contribution in [1.29, 1.82) is 0 Å². The second-order valence-electron chi connectivity index (χ2n) is 4.95. The minimum atomic E-state index is -3.09. The van der Waals surface area contributed by atoms with Gasteiger partial charge in [0.05, 0.1) is 11.9 Å². The van der Waals surface area contributed by atoms with E-state index in [1.54, 1.807) is 6.92 Å². The molecule has 8 nitrogen and oxygen atoms in total. The first-order valence-corrected chi connectivity index (χ1v) is 9.24. The number of aryl methyl sites for hydroxylation is 1. The molecule has 0 saturated carbocycles. The van der Waals surface area contributed by atoms with Crippen LogP contribution in [0.3, 0.4) is 0 Å². The van der Waals surface area contributed by atoms with Crippen molar-refractivity contribution in [2.45, 2.75) is 6.92 Å². The van der Waals surface area contributed by atoms with E-state index in [1.807, 2.05) is 0 Å². The van der Waals surface area contributed by atoms with Gasteiger partial charge in [0.2, 0.25) is 10.0 Å². The van der Waals surface area contributed by atoms with Crippen LogP contribution in [-0.2, 0) is 10.0 Å². The van der Waals surface area contributed by atoms with Crippen molar-refractivity contribution >= 4 is 27.5 Å². The maximum absolute atomic E-state index is 11.9. The van der Waals surface area contributed by atoms with Gasteiger partial charge in [-0.25, -0.2) is 8.42 Å². The second kappa shape index (κ2) is 6.77. The van der Waals surface area contributed by atoms with Gasteiger partial charge in [-0.1, -0.05) is 4.49 Å². The average molecular weight is 333 g/mol. The lowest BCUT2D eigenvalue weighted by Crippen LogP contribution is -2.49. The Bertz CT molecular complexity index is 593. The summed E-state index contributed by atoms with van der Waals surface area (Å²) in [6, 6.07) is 0. The van der Waals surface area contributed by atoms with Crippen molar-refractivity contribution in [3.63, 3.8) is 0 Å². The van der Waals surface area contributed by atoms with Gasteiger partial charge in [0.15, 0.2) is 0 Å². The fourth-order valence-corrected chi connectivity index (χ4v) is 3.53. The number of aromatic nitrogens is 2. The van der Waals surface area contributed by atoms with Crippen LogP contribution in [0.25, 0.3) is 0 Å². The van der Waals surface area contributed by atoms with Gasteiger partial charge in [0.25, 0.3) is 5.91 Å². The summed E-state index contributed by atoms with van der Waals surface area (Å²) in [5.74, 6) is -0.155. The van der Waals surface area contributed by atoms with Crippen LogP contribution < -0.4 is 5.32 Å². The fraction of sp³-hybridized carbons (Fsp3) is 0.727. The smallest absolute Gasteiger partial charge is 0.264 e. The highest BCUT2D eigenvalue weighted by Gasteiger charge is 2.23. The molecule has 0 aliphatic carbocycles. The summed E-state index contributed by atoms with van der Waals surface area (Å²) < 4.78 is 28.0. The van der Waals surface area contributed by atoms with E-state index in [-0.39, 0.29) is 5.91 Å².